The average Bonchev–Trinajstić information content (AvgIpc) is 2.44. The number of carbonyl (C=O) groups is 2. The van der Waals surface area contributed by atoms with E-state index in [1.165, 1.54) is 11.8 Å². The highest BCUT2D eigenvalue weighted by Gasteiger charge is 2.22. The highest BCUT2D eigenvalue weighted by molar-refractivity contribution is 5.92. The second-order valence-corrected chi connectivity index (χ2v) is 6.48. The Morgan fingerprint density at radius 3 is 2.46 bits per heavy atom. The van der Waals surface area contributed by atoms with Gasteiger partial charge in [-0.3, -0.25) is 4.79 Å². The molecule has 5 heteroatoms. The fourth-order valence-electron chi connectivity index (χ4n) is 2.09. The van der Waals surface area contributed by atoms with Crippen LogP contribution in [0.15, 0.2) is 43.5 Å². The summed E-state index contributed by atoms with van der Waals surface area (Å²) in [5.74, 6) is -0.162. The van der Waals surface area contributed by atoms with Crippen LogP contribution < -0.4 is 5.32 Å². The number of benzene rings is 1. The largest absolute Gasteiger partial charge is 0.444 e. The van der Waals surface area contributed by atoms with Gasteiger partial charge in [0.15, 0.2) is 0 Å². The average molecular weight is 330 g/mol. The summed E-state index contributed by atoms with van der Waals surface area (Å²) in [5.41, 5.74) is 1.57. The number of hydrogen-bond acceptors (Lipinski definition) is 3. The van der Waals surface area contributed by atoms with Gasteiger partial charge >= 0.3 is 6.09 Å². The molecular formula is C19H26N2O3. The van der Waals surface area contributed by atoms with Crippen molar-refractivity contribution in [3.63, 3.8) is 0 Å². The first-order valence-corrected chi connectivity index (χ1v) is 7.77. The molecule has 24 heavy (non-hydrogen) atoms. The summed E-state index contributed by atoms with van der Waals surface area (Å²) in [6, 6.07) is 7.34. The minimum Gasteiger partial charge on any atom is -0.444 e. The Hall–Kier alpha value is -2.56. The molecule has 1 rings (SSSR count). The van der Waals surface area contributed by atoms with Crippen molar-refractivity contribution in [2.24, 2.45) is 0 Å². The molecule has 0 saturated carbocycles. The molecule has 0 spiro atoms. The minimum absolute atomic E-state index is 0.162. The van der Waals surface area contributed by atoms with E-state index in [2.05, 4.69) is 18.5 Å². The van der Waals surface area contributed by atoms with E-state index in [1.807, 2.05) is 39.0 Å². The standard InChI is InChI=1S/C19H26N2O3/c1-7-12-21(18(23)24-19(4,5)6)13-14(2)16-10-8-9-11-17(16)20-15(3)22/h7-11H,1-2,12-13H2,3-6H3,(H,20,22). The first kappa shape index (κ1) is 19.5. The van der Waals surface area contributed by atoms with Gasteiger partial charge in [-0.05, 0) is 32.4 Å². The van der Waals surface area contributed by atoms with Gasteiger partial charge in [0.1, 0.15) is 5.60 Å². The lowest BCUT2D eigenvalue weighted by Gasteiger charge is -2.27. The Balaban J connectivity index is 2.95. The molecule has 0 aliphatic heterocycles. The molecule has 1 aromatic carbocycles. The molecule has 0 saturated heterocycles. The molecule has 0 fully saturated rings. The van der Waals surface area contributed by atoms with Gasteiger partial charge in [-0.15, -0.1) is 6.58 Å². The van der Waals surface area contributed by atoms with Gasteiger partial charge in [-0.1, -0.05) is 30.9 Å². The fourth-order valence-corrected chi connectivity index (χ4v) is 2.09. The number of nitrogens with one attached hydrogen (secondary N) is 1. The Kier molecular flexibility index (Phi) is 6.77. The molecule has 130 valence electrons. The number of ether oxygens (including phenoxy) is 1. The lowest BCUT2D eigenvalue weighted by Crippen LogP contribution is -2.37. The van der Waals surface area contributed by atoms with Crippen molar-refractivity contribution in [2.45, 2.75) is 33.3 Å². The van der Waals surface area contributed by atoms with E-state index in [1.54, 1.807) is 12.1 Å². The van der Waals surface area contributed by atoms with E-state index in [9.17, 15) is 9.59 Å². The van der Waals surface area contributed by atoms with Crippen LogP contribution in [0.5, 0.6) is 0 Å². The van der Waals surface area contributed by atoms with Crippen molar-refractivity contribution in [1.29, 1.82) is 0 Å². The predicted octanol–water partition coefficient (Wildman–Crippen LogP) is 4.08. The number of rotatable bonds is 6. The second kappa shape index (κ2) is 8.34. The Labute approximate surface area is 144 Å². The van der Waals surface area contributed by atoms with Crippen molar-refractivity contribution < 1.29 is 14.3 Å². The van der Waals surface area contributed by atoms with Crippen LogP contribution >= 0.6 is 0 Å². The number of amides is 2. The summed E-state index contributed by atoms with van der Waals surface area (Å²) in [4.78, 5) is 25.2. The van der Waals surface area contributed by atoms with E-state index in [0.717, 1.165) is 5.56 Å². The van der Waals surface area contributed by atoms with Crippen LogP contribution in [0.3, 0.4) is 0 Å². The zero-order valence-electron chi connectivity index (χ0n) is 14.9. The Morgan fingerprint density at radius 2 is 1.92 bits per heavy atom. The SMILES string of the molecule is C=CCN(CC(=C)c1ccccc1NC(C)=O)C(=O)OC(C)(C)C. The summed E-state index contributed by atoms with van der Waals surface area (Å²) in [7, 11) is 0. The molecule has 0 aliphatic carbocycles. The van der Waals surface area contributed by atoms with Gasteiger partial charge in [0, 0.05) is 31.3 Å². The zero-order valence-corrected chi connectivity index (χ0v) is 14.9. The number of nitrogens with zero attached hydrogens (tertiary/aromatic N) is 1. The lowest BCUT2D eigenvalue weighted by molar-refractivity contribution is -0.114. The maximum Gasteiger partial charge on any atom is 0.410 e. The van der Waals surface area contributed by atoms with E-state index in [4.69, 9.17) is 4.74 Å². The molecule has 2 amide bonds. The Morgan fingerprint density at radius 1 is 1.29 bits per heavy atom. The third-order valence-electron chi connectivity index (χ3n) is 3.00. The normalized spacial score (nSPS) is 10.7. The topological polar surface area (TPSA) is 58.6 Å². The molecule has 0 bridgehead atoms. The number of para-hydroxylation sites is 1. The molecule has 0 aliphatic rings. The summed E-state index contributed by atoms with van der Waals surface area (Å²) < 4.78 is 5.41. The first-order valence-electron chi connectivity index (χ1n) is 7.77. The van der Waals surface area contributed by atoms with Gasteiger partial charge in [-0.25, -0.2) is 4.79 Å². The van der Waals surface area contributed by atoms with Crippen LogP contribution in [-0.2, 0) is 9.53 Å². The van der Waals surface area contributed by atoms with Crippen LogP contribution in [0.4, 0.5) is 10.5 Å². The van der Waals surface area contributed by atoms with Gasteiger partial charge < -0.3 is 15.0 Å². The van der Waals surface area contributed by atoms with Gasteiger partial charge in [0.25, 0.3) is 0 Å². The quantitative estimate of drug-likeness (QED) is 0.800. The van der Waals surface area contributed by atoms with Crippen molar-refractivity contribution in [2.75, 3.05) is 18.4 Å². The third-order valence-corrected chi connectivity index (χ3v) is 3.00. The zero-order chi connectivity index (χ0) is 18.3. The van der Waals surface area contributed by atoms with Crippen LogP contribution in [0.25, 0.3) is 5.57 Å². The smallest absolute Gasteiger partial charge is 0.410 e. The van der Waals surface area contributed by atoms with Gasteiger partial charge in [0.2, 0.25) is 5.91 Å². The lowest BCUT2D eigenvalue weighted by atomic mass is 10.0. The number of anilines is 1. The number of carbonyl (C=O) groups excluding carboxylic acids is 2. The van der Waals surface area contributed by atoms with Crippen LogP contribution in [0.1, 0.15) is 33.3 Å². The molecule has 1 N–H and O–H groups in total. The molecular weight excluding hydrogens is 304 g/mol. The highest BCUT2D eigenvalue weighted by Crippen LogP contribution is 2.24. The Bertz CT molecular complexity index is 630. The third kappa shape index (κ3) is 6.28. The second-order valence-electron chi connectivity index (χ2n) is 6.48. The number of hydrogen-bond donors (Lipinski definition) is 1. The summed E-state index contributed by atoms with van der Waals surface area (Å²) in [5, 5.41) is 2.77. The van der Waals surface area contributed by atoms with Crippen molar-refractivity contribution in [1.82, 2.24) is 4.90 Å². The fraction of sp³-hybridized carbons (Fsp3) is 0.368. The molecule has 5 nitrogen and oxygen atoms in total. The predicted molar refractivity (Wildman–Crippen MR) is 97.8 cm³/mol. The maximum absolute atomic E-state index is 12.3. The first-order chi connectivity index (χ1) is 11.1. The molecule has 1 aromatic rings. The van der Waals surface area contributed by atoms with Crippen LogP contribution in [0.2, 0.25) is 0 Å². The molecule has 0 radical (unpaired) electrons. The van der Waals surface area contributed by atoms with Gasteiger partial charge in [-0.2, -0.15) is 0 Å². The van der Waals surface area contributed by atoms with E-state index >= 15 is 0 Å². The van der Waals surface area contributed by atoms with Gasteiger partial charge in [0.05, 0.1) is 0 Å². The summed E-state index contributed by atoms with van der Waals surface area (Å²) in [6.07, 6.45) is 1.21. The van der Waals surface area contributed by atoms with Crippen LogP contribution in [0, 0.1) is 0 Å². The van der Waals surface area contributed by atoms with E-state index in [-0.39, 0.29) is 12.5 Å². The minimum atomic E-state index is -0.577. The van der Waals surface area contributed by atoms with Crippen molar-refractivity contribution in [3.05, 3.63) is 49.1 Å². The molecule has 0 atom stereocenters. The van der Waals surface area contributed by atoms with E-state index in [0.29, 0.717) is 17.8 Å². The van der Waals surface area contributed by atoms with Crippen molar-refractivity contribution in [3.8, 4) is 0 Å². The monoisotopic (exact) mass is 330 g/mol. The molecule has 0 heterocycles. The van der Waals surface area contributed by atoms with Crippen molar-refractivity contribution >= 4 is 23.3 Å². The van der Waals surface area contributed by atoms with E-state index < -0.39 is 11.7 Å². The molecule has 0 aromatic heterocycles. The highest BCUT2D eigenvalue weighted by atomic mass is 16.6. The van der Waals surface area contributed by atoms with Crippen LogP contribution in [-0.4, -0.2) is 35.6 Å². The summed E-state index contributed by atoms with van der Waals surface area (Å²) >= 11 is 0. The summed E-state index contributed by atoms with van der Waals surface area (Å²) in [6.45, 7) is 15.3. The maximum atomic E-state index is 12.3. The molecule has 0 unspecified atom stereocenters.